The molecular weight excluding hydrogens is 288 g/mol. The first-order valence-electron chi connectivity index (χ1n) is 7.42. The number of hydrogen-bond acceptors (Lipinski definition) is 4. The van der Waals surface area contributed by atoms with Crippen LogP contribution in [0.2, 0.25) is 0 Å². The topological polar surface area (TPSA) is 81.4 Å². The average molecular weight is 312 g/mol. The molecule has 0 aliphatic heterocycles. The number of hydrogen-bond donors (Lipinski definition) is 2. The Hall–Kier alpha value is -1.27. The molecule has 0 bridgehead atoms. The lowest BCUT2D eigenvalue weighted by Gasteiger charge is -2.28. The summed E-state index contributed by atoms with van der Waals surface area (Å²) in [6, 6.07) is 4.57. The van der Waals surface area contributed by atoms with Crippen LogP contribution >= 0.6 is 0 Å². The lowest BCUT2D eigenvalue weighted by atomic mass is 9.85. The second kappa shape index (κ2) is 6.66. The Morgan fingerprint density at radius 1 is 1.38 bits per heavy atom. The second-order valence-corrected chi connectivity index (χ2v) is 7.38. The summed E-state index contributed by atoms with van der Waals surface area (Å²) in [6.07, 6.45) is 5.21. The molecule has 0 saturated heterocycles. The maximum Gasteiger partial charge on any atom is 0.240 e. The van der Waals surface area contributed by atoms with Gasteiger partial charge in [-0.05, 0) is 30.9 Å². The molecule has 1 saturated carbocycles. The van der Waals surface area contributed by atoms with E-state index >= 15 is 0 Å². The van der Waals surface area contributed by atoms with Crippen molar-refractivity contribution < 1.29 is 13.2 Å². The summed E-state index contributed by atoms with van der Waals surface area (Å²) in [6.45, 7) is 2.16. The third-order valence-corrected chi connectivity index (χ3v) is 5.72. The molecule has 6 heteroatoms. The Bertz CT molecular complexity index is 587. The van der Waals surface area contributed by atoms with Gasteiger partial charge in [-0.1, -0.05) is 26.2 Å². The molecule has 0 radical (unpaired) electrons. The normalized spacial score (nSPS) is 23.0. The van der Waals surface area contributed by atoms with E-state index in [-0.39, 0.29) is 10.9 Å². The van der Waals surface area contributed by atoms with E-state index in [2.05, 4.69) is 11.6 Å². The number of sulfonamides is 1. The molecule has 0 spiro atoms. The Morgan fingerprint density at radius 2 is 2.14 bits per heavy atom. The minimum Gasteiger partial charge on any atom is -0.495 e. The van der Waals surface area contributed by atoms with E-state index in [4.69, 9.17) is 10.5 Å². The first kappa shape index (κ1) is 16.1. The largest absolute Gasteiger partial charge is 0.495 e. The molecule has 118 valence electrons. The predicted molar refractivity (Wildman–Crippen MR) is 83.8 cm³/mol. The summed E-state index contributed by atoms with van der Waals surface area (Å²) < 4.78 is 32.8. The molecule has 0 amide bonds. The van der Waals surface area contributed by atoms with E-state index in [0.717, 1.165) is 25.7 Å². The molecule has 1 fully saturated rings. The van der Waals surface area contributed by atoms with Crippen molar-refractivity contribution in [2.45, 2.75) is 50.0 Å². The summed E-state index contributed by atoms with van der Waals surface area (Å²) in [4.78, 5) is 0.201. The zero-order valence-corrected chi connectivity index (χ0v) is 13.4. The van der Waals surface area contributed by atoms with Crippen LogP contribution in [0, 0.1) is 5.92 Å². The highest BCUT2D eigenvalue weighted by molar-refractivity contribution is 7.89. The van der Waals surface area contributed by atoms with Gasteiger partial charge in [-0.25, -0.2) is 13.1 Å². The molecule has 1 aromatic carbocycles. The lowest BCUT2D eigenvalue weighted by Crippen LogP contribution is -2.38. The van der Waals surface area contributed by atoms with Crippen molar-refractivity contribution >= 4 is 15.7 Å². The van der Waals surface area contributed by atoms with E-state index in [1.54, 1.807) is 6.07 Å². The Morgan fingerprint density at radius 3 is 2.81 bits per heavy atom. The van der Waals surface area contributed by atoms with Crippen molar-refractivity contribution in [3.05, 3.63) is 18.2 Å². The number of nitrogens with two attached hydrogens (primary N) is 1. The molecule has 2 atom stereocenters. The fourth-order valence-corrected chi connectivity index (χ4v) is 4.21. The number of rotatable bonds is 5. The molecular formula is C15H24N2O3S. The number of anilines is 1. The van der Waals surface area contributed by atoms with Crippen molar-refractivity contribution in [3.8, 4) is 5.75 Å². The lowest BCUT2D eigenvalue weighted by molar-refractivity contribution is 0.301. The minimum atomic E-state index is -3.53. The molecule has 3 N–H and O–H groups in total. The van der Waals surface area contributed by atoms with Gasteiger partial charge < -0.3 is 10.5 Å². The van der Waals surface area contributed by atoms with Gasteiger partial charge in [0.05, 0.1) is 17.7 Å². The van der Waals surface area contributed by atoms with Gasteiger partial charge in [-0.15, -0.1) is 0 Å². The van der Waals surface area contributed by atoms with Crippen LogP contribution in [0.25, 0.3) is 0 Å². The highest BCUT2D eigenvalue weighted by Crippen LogP contribution is 2.29. The number of ether oxygens (including phenoxy) is 1. The van der Waals surface area contributed by atoms with E-state index < -0.39 is 10.0 Å². The van der Waals surface area contributed by atoms with Crippen molar-refractivity contribution in [2.24, 2.45) is 5.92 Å². The molecule has 1 aromatic rings. The van der Waals surface area contributed by atoms with Crippen molar-refractivity contribution in [2.75, 3.05) is 12.8 Å². The van der Waals surface area contributed by atoms with Crippen LogP contribution in [0.3, 0.4) is 0 Å². The molecule has 1 aliphatic rings. The highest BCUT2D eigenvalue weighted by Gasteiger charge is 2.26. The average Bonchev–Trinajstić information content (AvgIpc) is 2.47. The maximum absolute atomic E-state index is 12.5. The molecule has 2 rings (SSSR count). The fourth-order valence-electron chi connectivity index (χ4n) is 2.91. The predicted octanol–water partition coefficient (Wildman–Crippen LogP) is 2.52. The van der Waals surface area contributed by atoms with Gasteiger partial charge in [0.1, 0.15) is 5.75 Å². The van der Waals surface area contributed by atoms with Crippen LogP contribution in [0.1, 0.15) is 39.0 Å². The number of benzene rings is 1. The smallest absolute Gasteiger partial charge is 0.240 e. The summed E-state index contributed by atoms with van der Waals surface area (Å²) in [7, 11) is -2.05. The minimum absolute atomic E-state index is 0.0252. The van der Waals surface area contributed by atoms with Crippen molar-refractivity contribution in [1.29, 1.82) is 0 Å². The Labute approximate surface area is 126 Å². The van der Waals surface area contributed by atoms with E-state index in [1.807, 2.05) is 0 Å². The molecule has 5 nitrogen and oxygen atoms in total. The van der Waals surface area contributed by atoms with Crippen LogP contribution in [-0.2, 0) is 10.0 Å². The van der Waals surface area contributed by atoms with Gasteiger partial charge in [-0.3, -0.25) is 0 Å². The van der Waals surface area contributed by atoms with Gasteiger partial charge in [0, 0.05) is 12.1 Å². The van der Waals surface area contributed by atoms with E-state index in [9.17, 15) is 8.42 Å². The molecule has 21 heavy (non-hydrogen) atoms. The maximum atomic E-state index is 12.5. The molecule has 0 aromatic heterocycles. The van der Waals surface area contributed by atoms with Crippen LogP contribution in [0.15, 0.2) is 23.1 Å². The monoisotopic (exact) mass is 312 g/mol. The summed E-state index contributed by atoms with van der Waals surface area (Å²) in [5, 5.41) is 0. The number of nitrogen functional groups attached to an aromatic ring is 1. The zero-order valence-electron chi connectivity index (χ0n) is 12.6. The summed E-state index contributed by atoms with van der Waals surface area (Å²) >= 11 is 0. The molecule has 1 aliphatic carbocycles. The standard InChI is InChI=1S/C15H24N2O3S/c1-3-11-5-4-6-12(9-11)17-21(18,19)13-7-8-14(16)15(10-13)20-2/h7-8,10-12,17H,3-6,9,16H2,1-2H3. The van der Waals surface area contributed by atoms with Gasteiger partial charge >= 0.3 is 0 Å². The highest BCUT2D eigenvalue weighted by atomic mass is 32.2. The molecule has 0 heterocycles. The van der Waals surface area contributed by atoms with Crippen molar-refractivity contribution in [3.63, 3.8) is 0 Å². The first-order chi connectivity index (χ1) is 9.96. The van der Waals surface area contributed by atoms with Crippen molar-refractivity contribution in [1.82, 2.24) is 4.72 Å². The van der Waals surface area contributed by atoms with Crippen LogP contribution < -0.4 is 15.2 Å². The van der Waals surface area contributed by atoms with Crippen LogP contribution in [0.4, 0.5) is 5.69 Å². The summed E-state index contributed by atoms with van der Waals surface area (Å²) in [5.41, 5.74) is 6.15. The third kappa shape index (κ3) is 3.89. The van der Waals surface area contributed by atoms with Gasteiger partial charge in [0.15, 0.2) is 0 Å². The summed E-state index contributed by atoms with van der Waals surface area (Å²) in [5.74, 6) is 1.00. The number of methoxy groups -OCH3 is 1. The van der Waals surface area contributed by atoms with E-state index in [1.165, 1.54) is 25.7 Å². The van der Waals surface area contributed by atoms with Gasteiger partial charge in [-0.2, -0.15) is 0 Å². The number of nitrogens with one attached hydrogen (secondary N) is 1. The van der Waals surface area contributed by atoms with Gasteiger partial charge in [0.2, 0.25) is 10.0 Å². The molecule has 2 unspecified atom stereocenters. The SMILES string of the molecule is CCC1CCCC(NS(=O)(=O)c2ccc(N)c(OC)c2)C1. The van der Waals surface area contributed by atoms with Gasteiger partial charge in [0.25, 0.3) is 0 Å². The van der Waals surface area contributed by atoms with E-state index in [0.29, 0.717) is 17.4 Å². The zero-order chi connectivity index (χ0) is 15.5. The third-order valence-electron chi connectivity index (χ3n) is 4.20. The van der Waals surface area contributed by atoms with Crippen LogP contribution in [-0.4, -0.2) is 21.6 Å². The Balaban J connectivity index is 2.14. The first-order valence-corrected chi connectivity index (χ1v) is 8.90. The van der Waals surface area contributed by atoms with Crippen LogP contribution in [0.5, 0.6) is 5.75 Å². The Kier molecular flexibility index (Phi) is 5.11. The second-order valence-electron chi connectivity index (χ2n) is 5.66. The fraction of sp³-hybridized carbons (Fsp3) is 0.600. The quantitative estimate of drug-likeness (QED) is 0.819.